The van der Waals surface area contributed by atoms with E-state index in [-0.39, 0.29) is 18.6 Å². The lowest BCUT2D eigenvalue weighted by Crippen LogP contribution is -2.43. The van der Waals surface area contributed by atoms with Gasteiger partial charge in [-0.3, -0.25) is 14.9 Å². The Morgan fingerprint density at radius 3 is 2.77 bits per heavy atom. The third-order valence-corrected chi connectivity index (χ3v) is 6.00. The molecule has 1 N–H and O–H groups in total. The number of nitrogens with zero attached hydrogens (tertiary/aromatic N) is 3. The summed E-state index contributed by atoms with van der Waals surface area (Å²) in [5.74, 6) is 0.979. The fraction of sp³-hybridized carbons (Fsp3) is 0.238. The number of carbonyl (C=O) groups excluding carboxylic acids is 2. The third-order valence-electron chi connectivity index (χ3n) is 5.11. The minimum Gasteiger partial charge on any atom is -0.454 e. The van der Waals surface area contributed by atoms with Crippen LogP contribution in [-0.2, 0) is 4.79 Å². The van der Waals surface area contributed by atoms with Gasteiger partial charge in [-0.2, -0.15) is 0 Å². The number of hydrogen-bond donors (Lipinski definition) is 1. The van der Waals surface area contributed by atoms with Crippen molar-refractivity contribution in [2.45, 2.75) is 18.9 Å². The van der Waals surface area contributed by atoms with Crippen molar-refractivity contribution in [2.75, 3.05) is 18.7 Å². The van der Waals surface area contributed by atoms with Gasteiger partial charge in [0.2, 0.25) is 17.8 Å². The van der Waals surface area contributed by atoms with Gasteiger partial charge in [0, 0.05) is 17.7 Å². The lowest BCUT2D eigenvalue weighted by Gasteiger charge is -2.23. The van der Waals surface area contributed by atoms with Crippen LogP contribution in [0.4, 0.5) is 5.13 Å². The predicted octanol–water partition coefficient (Wildman–Crippen LogP) is 3.18. The number of hydrogen-bond acceptors (Lipinski definition) is 7. The Labute approximate surface area is 176 Å². The Kier molecular flexibility index (Phi) is 4.80. The normalized spacial score (nSPS) is 17.2. The van der Waals surface area contributed by atoms with Gasteiger partial charge in [-0.15, -0.1) is 10.2 Å². The van der Waals surface area contributed by atoms with Gasteiger partial charge in [0.05, 0.1) is 0 Å². The summed E-state index contributed by atoms with van der Waals surface area (Å²) in [5.41, 5.74) is 1.41. The molecule has 2 aromatic carbocycles. The Morgan fingerprint density at radius 1 is 1.07 bits per heavy atom. The number of ether oxygens (including phenoxy) is 2. The molecule has 1 fully saturated rings. The van der Waals surface area contributed by atoms with E-state index in [4.69, 9.17) is 9.47 Å². The van der Waals surface area contributed by atoms with E-state index < -0.39 is 6.04 Å². The standard InChI is InChI=1S/C21H18N4O4S/c26-18(15-7-4-10-25(15)20(27)13-5-2-1-3-6-13)22-21-24-23-19(30-21)14-8-9-16-17(11-14)29-12-28-16/h1-3,5-6,8-9,11,15H,4,7,10,12H2,(H,22,24,26). The summed E-state index contributed by atoms with van der Waals surface area (Å²) in [6.45, 7) is 0.764. The SMILES string of the molecule is O=C(Nc1nnc(-c2ccc3c(c2)OCO3)s1)C1CCCN1C(=O)c1ccccc1. The molecular weight excluding hydrogens is 404 g/mol. The van der Waals surface area contributed by atoms with Gasteiger partial charge in [0.15, 0.2) is 11.5 Å². The smallest absolute Gasteiger partial charge is 0.254 e. The Hall–Kier alpha value is -3.46. The van der Waals surface area contributed by atoms with E-state index in [2.05, 4.69) is 15.5 Å². The van der Waals surface area contributed by atoms with Gasteiger partial charge in [-0.1, -0.05) is 29.5 Å². The summed E-state index contributed by atoms with van der Waals surface area (Å²) in [4.78, 5) is 27.3. The van der Waals surface area contributed by atoms with Crippen LogP contribution >= 0.6 is 11.3 Å². The third kappa shape index (κ3) is 3.48. The number of amides is 2. The molecule has 3 heterocycles. The number of likely N-dealkylation sites (tertiary alicyclic amines) is 1. The highest BCUT2D eigenvalue weighted by Crippen LogP contribution is 2.37. The molecule has 0 spiro atoms. The van der Waals surface area contributed by atoms with Crippen molar-refractivity contribution in [3.05, 3.63) is 54.1 Å². The largest absolute Gasteiger partial charge is 0.454 e. The van der Waals surface area contributed by atoms with E-state index >= 15 is 0 Å². The van der Waals surface area contributed by atoms with Crippen LogP contribution in [0.1, 0.15) is 23.2 Å². The van der Waals surface area contributed by atoms with Crippen molar-refractivity contribution < 1.29 is 19.1 Å². The average Bonchev–Trinajstić information content (AvgIpc) is 3.53. The molecule has 2 amide bonds. The zero-order chi connectivity index (χ0) is 20.5. The molecule has 1 atom stereocenters. The van der Waals surface area contributed by atoms with Gasteiger partial charge < -0.3 is 14.4 Å². The van der Waals surface area contributed by atoms with Crippen LogP contribution in [0.5, 0.6) is 11.5 Å². The van der Waals surface area contributed by atoms with E-state index in [1.807, 2.05) is 36.4 Å². The van der Waals surface area contributed by atoms with Crippen molar-refractivity contribution in [2.24, 2.45) is 0 Å². The van der Waals surface area contributed by atoms with Gasteiger partial charge in [0.25, 0.3) is 5.91 Å². The van der Waals surface area contributed by atoms with Crippen LogP contribution in [-0.4, -0.2) is 46.3 Å². The number of carbonyl (C=O) groups is 2. The van der Waals surface area contributed by atoms with Crippen LogP contribution in [0.3, 0.4) is 0 Å². The minimum atomic E-state index is -0.518. The summed E-state index contributed by atoms with van der Waals surface area (Å²) in [7, 11) is 0. The number of aromatic nitrogens is 2. The van der Waals surface area contributed by atoms with E-state index in [0.717, 1.165) is 12.0 Å². The van der Waals surface area contributed by atoms with E-state index in [1.165, 1.54) is 11.3 Å². The second-order valence-electron chi connectivity index (χ2n) is 6.99. The fourth-order valence-corrected chi connectivity index (χ4v) is 4.38. The predicted molar refractivity (Wildman–Crippen MR) is 111 cm³/mol. The van der Waals surface area contributed by atoms with E-state index in [1.54, 1.807) is 17.0 Å². The first-order chi connectivity index (χ1) is 14.7. The number of anilines is 1. The first-order valence-corrected chi connectivity index (χ1v) is 10.4. The molecule has 9 heteroatoms. The molecule has 0 saturated carbocycles. The molecule has 1 unspecified atom stereocenters. The Bertz CT molecular complexity index is 1100. The Balaban J connectivity index is 1.29. The van der Waals surface area contributed by atoms with Crippen LogP contribution in [0.2, 0.25) is 0 Å². The molecule has 1 saturated heterocycles. The first-order valence-electron chi connectivity index (χ1n) is 9.59. The quantitative estimate of drug-likeness (QED) is 0.694. The van der Waals surface area contributed by atoms with Crippen molar-refractivity contribution in [1.82, 2.24) is 15.1 Å². The first kappa shape index (κ1) is 18.6. The highest BCUT2D eigenvalue weighted by Gasteiger charge is 2.35. The molecule has 3 aromatic rings. The van der Waals surface area contributed by atoms with Gasteiger partial charge in [0.1, 0.15) is 11.0 Å². The molecule has 0 bridgehead atoms. The molecule has 30 heavy (non-hydrogen) atoms. The number of benzene rings is 2. The number of rotatable bonds is 4. The summed E-state index contributed by atoms with van der Waals surface area (Å²) >= 11 is 1.27. The maximum absolute atomic E-state index is 12.9. The molecule has 0 radical (unpaired) electrons. The van der Waals surface area contributed by atoms with Crippen LogP contribution in [0.25, 0.3) is 10.6 Å². The molecule has 2 aliphatic rings. The minimum absolute atomic E-state index is 0.133. The van der Waals surface area contributed by atoms with Crippen molar-refractivity contribution in [3.63, 3.8) is 0 Å². The van der Waals surface area contributed by atoms with Crippen molar-refractivity contribution in [3.8, 4) is 22.1 Å². The summed E-state index contributed by atoms with van der Waals surface area (Å²) in [6, 6.07) is 14.0. The highest BCUT2D eigenvalue weighted by molar-refractivity contribution is 7.18. The molecule has 0 aliphatic carbocycles. The lowest BCUT2D eigenvalue weighted by molar-refractivity contribution is -0.119. The van der Waals surface area contributed by atoms with Crippen LogP contribution in [0.15, 0.2) is 48.5 Å². The zero-order valence-corrected chi connectivity index (χ0v) is 16.7. The zero-order valence-electron chi connectivity index (χ0n) is 15.9. The maximum atomic E-state index is 12.9. The van der Waals surface area contributed by atoms with Gasteiger partial charge in [-0.25, -0.2) is 0 Å². The van der Waals surface area contributed by atoms with Gasteiger partial charge >= 0.3 is 0 Å². The van der Waals surface area contributed by atoms with E-state index in [0.29, 0.717) is 40.2 Å². The average molecular weight is 422 g/mol. The fourth-order valence-electron chi connectivity index (χ4n) is 3.64. The maximum Gasteiger partial charge on any atom is 0.254 e. The molecule has 8 nitrogen and oxygen atoms in total. The topological polar surface area (TPSA) is 93.7 Å². The van der Waals surface area contributed by atoms with E-state index in [9.17, 15) is 9.59 Å². The monoisotopic (exact) mass is 422 g/mol. The second kappa shape index (κ2) is 7.75. The second-order valence-corrected chi connectivity index (χ2v) is 7.97. The molecule has 152 valence electrons. The molecule has 2 aliphatic heterocycles. The van der Waals surface area contributed by atoms with Crippen LogP contribution < -0.4 is 14.8 Å². The van der Waals surface area contributed by atoms with Crippen molar-refractivity contribution in [1.29, 1.82) is 0 Å². The van der Waals surface area contributed by atoms with Crippen molar-refractivity contribution >= 4 is 28.3 Å². The molecule has 5 rings (SSSR count). The van der Waals surface area contributed by atoms with Crippen LogP contribution in [0, 0.1) is 0 Å². The Morgan fingerprint density at radius 2 is 1.90 bits per heavy atom. The lowest BCUT2D eigenvalue weighted by atomic mass is 10.1. The molecule has 1 aromatic heterocycles. The molecular formula is C21H18N4O4S. The highest BCUT2D eigenvalue weighted by atomic mass is 32.1. The van der Waals surface area contributed by atoms with Gasteiger partial charge in [-0.05, 0) is 43.2 Å². The number of nitrogens with one attached hydrogen (secondary N) is 1. The number of fused-ring (bicyclic) bond motifs is 1. The summed E-state index contributed by atoms with van der Waals surface area (Å²) in [5, 5.41) is 12.1. The summed E-state index contributed by atoms with van der Waals surface area (Å²) in [6.07, 6.45) is 1.41. The summed E-state index contributed by atoms with van der Waals surface area (Å²) < 4.78 is 10.7.